The zero-order valence-corrected chi connectivity index (χ0v) is 11.2. The third kappa shape index (κ3) is 2.88. The van der Waals surface area contributed by atoms with Crippen molar-refractivity contribution in [1.29, 1.82) is 0 Å². The second kappa shape index (κ2) is 4.24. The van der Waals surface area contributed by atoms with Gasteiger partial charge in [0.05, 0.1) is 12.6 Å². The molecular formula is C12H23NO3. The van der Waals surface area contributed by atoms with E-state index in [1.165, 1.54) is 0 Å². The molecule has 1 saturated heterocycles. The predicted molar refractivity (Wildman–Crippen MR) is 62.2 cm³/mol. The van der Waals surface area contributed by atoms with E-state index in [1.807, 2.05) is 41.5 Å². The average Bonchev–Trinajstić information content (AvgIpc) is 2.37. The summed E-state index contributed by atoms with van der Waals surface area (Å²) in [6.45, 7) is 12.0. The van der Waals surface area contributed by atoms with Gasteiger partial charge in [-0.15, -0.1) is 0 Å². The van der Waals surface area contributed by atoms with Gasteiger partial charge < -0.3 is 9.47 Å². The monoisotopic (exact) mass is 229 g/mol. The fraction of sp³-hybridized carbons (Fsp3) is 0.917. The molecule has 0 saturated carbocycles. The van der Waals surface area contributed by atoms with Crippen LogP contribution in [0, 0.1) is 0 Å². The van der Waals surface area contributed by atoms with Gasteiger partial charge in [-0.25, -0.2) is 4.79 Å². The maximum Gasteiger partial charge on any atom is 0.412 e. The Kier molecular flexibility index (Phi) is 3.53. The van der Waals surface area contributed by atoms with Crippen LogP contribution in [0.2, 0.25) is 0 Å². The SMILES string of the molecule is CC[C@@H]1COC(C)(C)N1C(=O)OC(C)(C)C. The number of amides is 1. The lowest BCUT2D eigenvalue weighted by Gasteiger charge is -2.34. The Balaban J connectivity index is 2.79. The highest BCUT2D eigenvalue weighted by Gasteiger charge is 2.44. The molecular weight excluding hydrogens is 206 g/mol. The minimum absolute atomic E-state index is 0.116. The van der Waals surface area contributed by atoms with E-state index in [2.05, 4.69) is 0 Å². The van der Waals surface area contributed by atoms with Crippen molar-refractivity contribution >= 4 is 6.09 Å². The van der Waals surface area contributed by atoms with Gasteiger partial charge >= 0.3 is 6.09 Å². The van der Waals surface area contributed by atoms with Crippen molar-refractivity contribution in [2.75, 3.05) is 6.61 Å². The van der Waals surface area contributed by atoms with E-state index < -0.39 is 11.3 Å². The van der Waals surface area contributed by atoms with Gasteiger partial charge in [0.15, 0.2) is 0 Å². The van der Waals surface area contributed by atoms with E-state index in [-0.39, 0.29) is 12.1 Å². The number of hydrogen-bond donors (Lipinski definition) is 0. The number of rotatable bonds is 1. The van der Waals surface area contributed by atoms with E-state index in [0.717, 1.165) is 6.42 Å². The van der Waals surface area contributed by atoms with Gasteiger partial charge in [0.25, 0.3) is 0 Å². The molecule has 1 heterocycles. The summed E-state index contributed by atoms with van der Waals surface area (Å²) in [7, 11) is 0. The molecule has 0 aromatic rings. The highest BCUT2D eigenvalue weighted by Crippen LogP contribution is 2.30. The summed E-state index contributed by atoms with van der Waals surface area (Å²) in [5, 5.41) is 0. The third-order valence-electron chi connectivity index (χ3n) is 2.64. The fourth-order valence-electron chi connectivity index (χ4n) is 1.86. The van der Waals surface area contributed by atoms with E-state index in [1.54, 1.807) is 4.90 Å². The number of nitrogens with zero attached hydrogens (tertiary/aromatic N) is 1. The summed E-state index contributed by atoms with van der Waals surface area (Å²) in [6, 6.07) is 0.116. The lowest BCUT2D eigenvalue weighted by atomic mass is 10.2. The normalized spacial score (nSPS) is 24.6. The fourth-order valence-corrected chi connectivity index (χ4v) is 1.86. The van der Waals surface area contributed by atoms with Gasteiger partial charge in [-0.05, 0) is 41.0 Å². The van der Waals surface area contributed by atoms with Crippen molar-refractivity contribution in [1.82, 2.24) is 4.90 Å². The van der Waals surface area contributed by atoms with Gasteiger partial charge in [-0.2, -0.15) is 0 Å². The maximum atomic E-state index is 12.1. The molecule has 1 fully saturated rings. The molecule has 0 aliphatic carbocycles. The average molecular weight is 229 g/mol. The molecule has 16 heavy (non-hydrogen) atoms. The molecule has 1 aliphatic heterocycles. The molecule has 0 aromatic carbocycles. The molecule has 4 heteroatoms. The molecule has 1 rings (SSSR count). The van der Waals surface area contributed by atoms with Crippen molar-refractivity contribution in [3.05, 3.63) is 0 Å². The zero-order chi connectivity index (χ0) is 12.6. The van der Waals surface area contributed by atoms with Crippen molar-refractivity contribution in [3.63, 3.8) is 0 Å². The van der Waals surface area contributed by atoms with Crippen molar-refractivity contribution in [2.24, 2.45) is 0 Å². The molecule has 0 aromatic heterocycles. The van der Waals surface area contributed by atoms with Crippen LogP contribution in [-0.2, 0) is 9.47 Å². The molecule has 1 atom stereocenters. The first-order valence-electron chi connectivity index (χ1n) is 5.83. The van der Waals surface area contributed by atoms with Crippen LogP contribution >= 0.6 is 0 Å². The van der Waals surface area contributed by atoms with Gasteiger partial charge in [-0.1, -0.05) is 6.92 Å². The Hall–Kier alpha value is -0.770. The Morgan fingerprint density at radius 1 is 1.50 bits per heavy atom. The molecule has 0 spiro atoms. The van der Waals surface area contributed by atoms with Crippen molar-refractivity contribution < 1.29 is 14.3 Å². The topological polar surface area (TPSA) is 38.8 Å². The van der Waals surface area contributed by atoms with Gasteiger partial charge in [-0.3, -0.25) is 4.90 Å². The van der Waals surface area contributed by atoms with E-state index >= 15 is 0 Å². The van der Waals surface area contributed by atoms with E-state index in [4.69, 9.17) is 9.47 Å². The first-order valence-corrected chi connectivity index (χ1v) is 5.83. The smallest absolute Gasteiger partial charge is 0.412 e. The van der Waals surface area contributed by atoms with Gasteiger partial charge in [0.1, 0.15) is 11.3 Å². The number of carbonyl (C=O) groups is 1. The molecule has 0 radical (unpaired) electrons. The van der Waals surface area contributed by atoms with E-state index in [9.17, 15) is 4.79 Å². The van der Waals surface area contributed by atoms with Crippen molar-refractivity contribution in [2.45, 2.75) is 65.3 Å². The Bertz CT molecular complexity index is 268. The summed E-state index contributed by atoms with van der Waals surface area (Å²) < 4.78 is 11.0. The molecule has 1 amide bonds. The summed E-state index contributed by atoms with van der Waals surface area (Å²) in [6.07, 6.45) is 0.588. The second-order valence-electron chi connectivity index (χ2n) is 5.67. The highest BCUT2D eigenvalue weighted by molar-refractivity contribution is 5.69. The molecule has 1 aliphatic rings. The summed E-state index contributed by atoms with van der Waals surface area (Å²) in [4.78, 5) is 13.8. The lowest BCUT2D eigenvalue weighted by molar-refractivity contribution is -0.0625. The third-order valence-corrected chi connectivity index (χ3v) is 2.64. The molecule has 94 valence electrons. The number of ether oxygens (including phenoxy) is 2. The van der Waals surface area contributed by atoms with Crippen LogP contribution in [0.1, 0.15) is 48.0 Å². The van der Waals surface area contributed by atoms with E-state index in [0.29, 0.717) is 6.61 Å². The van der Waals surface area contributed by atoms with Crippen LogP contribution < -0.4 is 0 Å². The molecule has 0 bridgehead atoms. The summed E-state index contributed by atoms with van der Waals surface area (Å²) in [5.74, 6) is 0. The Labute approximate surface area is 97.9 Å². The van der Waals surface area contributed by atoms with Gasteiger partial charge in [0, 0.05) is 0 Å². The maximum absolute atomic E-state index is 12.1. The van der Waals surface area contributed by atoms with Crippen molar-refractivity contribution in [3.8, 4) is 0 Å². The van der Waals surface area contributed by atoms with Crippen LogP contribution in [0.25, 0.3) is 0 Å². The Morgan fingerprint density at radius 3 is 2.50 bits per heavy atom. The van der Waals surface area contributed by atoms with Crippen LogP contribution in [0.4, 0.5) is 4.79 Å². The van der Waals surface area contributed by atoms with Crippen LogP contribution in [-0.4, -0.2) is 35.0 Å². The van der Waals surface area contributed by atoms with Crippen LogP contribution in [0.3, 0.4) is 0 Å². The number of carbonyl (C=O) groups excluding carboxylic acids is 1. The predicted octanol–water partition coefficient (Wildman–Crippen LogP) is 2.77. The largest absolute Gasteiger partial charge is 0.444 e. The summed E-state index contributed by atoms with van der Waals surface area (Å²) in [5.41, 5.74) is -1.03. The minimum atomic E-state index is -0.566. The zero-order valence-electron chi connectivity index (χ0n) is 11.2. The quantitative estimate of drug-likeness (QED) is 0.694. The van der Waals surface area contributed by atoms with Gasteiger partial charge in [0.2, 0.25) is 0 Å². The lowest BCUT2D eigenvalue weighted by Crippen LogP contribution is -2.49. The molecule has 0 unspecified atom stereocenters. The second-order valence-corrected chi connectivity index (χ2v) is 5.67. The van der Waals surface area contributed by atoms with Crippen LogP contribution in [0.5, 0.6) is 0 Å². The molecule has 0 N–H and O–H groups in total. The first kappa shape index (κ1) is 13.3. The van der Waals surface area contributed by atoms with Crippen LogP contribution in [0.15, 0.2) is 0 Å². The minimum Gasteiger partial charge on any atom is -0.444 e. The Morgan fingerprint density at radius 2 is 2.06 bits per heavy atom. The first-order chi connectivity index (χ1) is 7.17. The summed E-state index contributed by atoms with van der Waals surface area (Å²) >= 11 is 0. The standard InChI is InChI=1S/C12H23NO3/c1-7-9-8-15-12(5,6)13(9)10(14)16-11(2,3)4/h9H,7-8H2,1-6H3/t9-/m1/s1. The highest BCUT2D eigenvalue weighted by atomic mass is 16.6. The number of hydrogen-bond acceptors (Lipinski definition) is 3. The molecule has 4 nitrogen and oxygen atoms in total.